The lowest BCUT2D eigenvalue weighted by atomic mass is 10.0. The highest BCUT2D eigenvalue weighted by Crippen LogP contribution is 2.31. The van der Waals surface area contributed by atoms with E-state index in [2.05, 4.69) is 0 Å². The smallest absolute Gasteiger partial charge is 0.330 e. The number of hydrogen-bond donors (Lipinski definition) is 0. The van der Waals surface area contributed by atoms with Crippen LogP contribution < -0.4 is 5.55 Å². The minimum atomic E-state index is -0.422. The van der Waals surface area contributed by atoms with E-state index in [0.717, 1.165) is 27.6 Å². The number of nitrogens with zero attached hydrogens (tertiary/aromatic N) is 1. The van der Waals surface area contributed by atoms with Gasteiger partial charge in [-0.1, -0.05) is 60.1 Å². The number of ether oxygens (including phenoxy) is 1. The van der Waals surface area contributed by atoms with Crippen molar-refractivity contribution in [3.63, 3.8) is 0 Å². The highest BCUT2D eigenvalue weighted by Gasteiger charge is 2.14. The van der Waals surface area contributed by atoms with E-state index in [0.29, 0.717) is 22.9 Å². The lowest BCUT2D eigenvalue weighted by Crippen LogP contribution is -2.06. The molecule has 4 nitrogen and oxygen atoms in total. The van der Waals surface area contributed by atoms with Gasteiger partial charge in [-0.2, -0.15) is 0 Å². The van der Waals surface area contributed by atoms with Crippen LogP contribution in [-0.2, 0) is 9.53 Å². The summed E-state index contributed by atoms with van der Waals surface area (Å²) in [6.07, 6.45) is 3.10. The van der Waals surface area contributed by atoms with Crippen LogP contribution in [0.25, 0.3) is 28.2 Å². The van der Waals surface area contributed by atoms with Crippen LogP contribution >= 0.6 is 11.6 Å². The predicted molar refractivity (Wildman–Crippen MR) is 124 cm³/mol. The van der Waals surface area contributed by atoms with Gasteiger partial charge in [0.05, 0.1) is 12.3 Å². The summed E-state index contributed by atoms with van der Waals surface area (Å²) >= 11 is 6.34. The summed E-state index contributed by atoms with van der Waals surface area (Å²) in [4.78, 5) is 16.7. The number of rotatable bonds is 5. The SMILES string of the molecule is CCOC(=O)/C=C/c1c(-c2ccccc2)oc(=Nc2ccccc2)c2ccc(Cl)cc12. The second kappa shape index (κ2) is 9.45. The normalized spacial score (nSPS) is 11.9. The molecular formula is C26H20ClNO3. The second-order valence-electron chi connectivity index (χ2n) is 6.74. The van der Waals surface area contributed by atoms with Gasteiger partial charge < -0.3 is 9.15 Å². The summed E-state index contributed by atoms with van der Waals surface area (Å²) < 4.78 is 11.4. The third kappa shape index (κ3) is 4.76. The number of carbonyl (C=O) groups excluding carboxylic acids is 1. The molecule has 0 bridgehead atoms. The van der Waals surface area contributed by atoms with Gasteiger partial charge in [-0.05, 0) is 48.7 Å². The Labute approximate surface area is 185 Å². The number of fused-ring (bicyclic) bond motifs is 1. The van der Waals surface area contributed by atoms with Crippen LogP contribution in [0.4, 0.5) is 5.69 Å². The first-order valence-corrected chi connectivity index (χ1v) is 10.3. The van der Waals surface area contributed by atoms with E-state index in [1.807, 2.05) is 72.8 Å². The zero-order valence-electron chi connectivity index (χ0n) is 16.9. The molecule has 0 radical (unpaired) electrons. The van der Waals surface area contributed by atoms with Crippen LogP contribution in [0, 0.1) is 0 Å². The zero-order chi connectivity index (χ0) is 21.6. The molecule has 0 saturated carbocycles. The summed E-state index contributed by atoms with van der Waals surface area (Å²) in [6.45, 7) is 2.08. The Bertz CT molecular complexity index is 1310. The molecule has 0 aliphatic heterocycles. The Kier molecular flexibility index (Phi) is 6.29. The summed E-state index contributed by atoms with van der Waals surface area (Å²) in [7, 11) is 0. The van der Waals surface area contributed by atoms with Crippen molar-refractivity contribution >= 4 is 40.1 Å². The molecule has 1 aromatic heterocycles. The van der Waals surface area contributed by atoms with Crippen LogP contribution in [0.3, 0.4) is 0 Å². The van der Waals surface area contributed by atoms with Gasteiger partial charge >= 0.3 is 5.97 Å². The zero-order valence-corrected chi connectivity index (χ0v) is 17.7. The molecule has 0 aliphatic rings. The van der Waals surface area contributed by atoms with Gasteiger partial charge in [-0.15, -0.1) is 0 Å². The van der Waals surface area contributed by atoms with Gasteiger partial charge in [0.15, 0.2) is 0 Å². The van der Waals surface area contributed by atoms with Crippen molar-refractivity contribution in [3.05, 3.63) is 101 Å². The summed E-state index contributed by atoms with van der Waals surface area (Å²) in [6, 6.07) is 24.8. The number of halogens is 1. The highest BCUT2D eigenvalue weighted by molar-refractivity contribution is 6.31. The van der Waals surface area contributed by atoms with E-state index < -0.39 is 5.97 Å². The van der Waals surface area contributed by atoms with Crippen molar-refractivity contribution < 1.29 is 13.9 Å². The van der Waals surface area contributed by atoms with Crippen molar-refractivity contribution in [1.29, 1.82) is 0 Å². The summed E-state index contributed by atoms with van der Waals surface area (Å²) in [5, 5.41) is 2.19. The second-order valence-corrected chi connectivity index (χ2v) is 7.18. The molecule has 0 fully saturated rings. The topological polar surface area (TPSA) is 51.8 Å². The lowest BCUT2D eigenvalue weighted by molar-refractivity contribution is -0.137. The molecule has 0 N–H and O–H groups in total. The molecule has 1 heterocycles. The van der Waals surface area contributed by atoms with Gasteiger partial charge in [0.2, 0.25) is 5.55 Å². The molecular weight excluding hydrogens is 410 g/mol. The molecule has 4 aromatic rings. The fourth-order valence-corrected chi connectivity index (χ4v) is 3.44. The first-order chi connectivity index (χ1) is 15.2. The van der Waals surface area contributed by atoms with Gasteiger partial charge in [-0.3, -0.25) is 0 Å². The van der Waals surface area contributed by atoms with Gasteiger partial charge in [0, 0.05) is 27.6 Å². The molecule has 3 aromatic carbocycles. The monoisotopic (exact) mass is 429 g/mol. The molecule has 5 heteroatoms. The van der Waals surface area contributed by atoms with Crippen molar-refractivity contribution in [2.45, 2.75) is 6.92 Å². The average molecular weight is 430 g/mol. The Morgan fingerprint density at radius 1 is 1.00 bits per heavy atom. The maximum atomic E-state index is 12.0. The molecule has 0 saturated heterocycles. The minimum absolute atomic E-state index is 0.306. The van der Waals surface area contributed by atoms with Crippen LogP contribution in [0.5, 0.6) is 0 Å². The maximum absolute atomic E-state index is 12.0. The number of para-hydroxylation sites is 1. The molecule has 0 aliphatic carbocycles. The van der Waals surface area contributed by atoms with Crippen LogP contribution in [-0.4, -0.2) is 12.6 Å². The fraction of sp³-hybridized carbons (Fsp3) is 0.0769. The minimum Gasteiger partial charge on any atom is -0.463 e. The van der Waals surface area contributed by atoms with E-state index in [9.17, 15) is 4.79 Å². The number of benzene rings is 3. The van der Waals surface area contributed by atoms with Gasteiger partial charge in [-0.25, -0.2) is 9.79 Å². The van der Waals surface area contributed by atoms with E-state index in [1.54, 1.807) is 19.1 Å². The molecule has 0 atom stereocenters. The van der Waals surface area contributed by atoms with Crippen molar-refractivity contribution in [2.24, 2.45) is 4.99 Å². The summed E-state index contributed by atoms with van der Waals surface area (Å²) in [5.41, 5.74) is 2.82. The summed E-state index contributed by atoms with van der Waals surface area (Å²) in [5.74, 6) is 0.167. The van der Waals surface area contributed by atoms with Gasteiger partial charge in [0.1, 0.15) is 5.76 Å². The van der Waals surface area contributed by atoms with Crippen LogP contribution in [0.15, 0.2) is 94.3 Å². The first-order valence-electron chi connectivity index (χ1n) is 9.92. The molecule has 31 heavy (non-hydrogen) atoms. The Morgan fingerprint density at radius 2 is 1.71 bits per heavy atom. The van der Waals surface area contributed by atoms with Crippen molar-refractivity contribution in [2.75, 3.05) is 6.61 Å². The first kappa shape index (κ1) is 20.6. The number of carbonyl (C=O) groups is 1. The standard InChI is InChI=1S/C26H20ClNO3/c1-2-30-24(29)16-15-21-23-17-19(27)13-14-22(23)26(28-20-11-7-4-8-12-20)31-25(21)18-9-5-3-6-10-18/h3-17H,2H2,1H3/b16-15+,28-26?. The van der Waals surface area contributed by atoms with Crippen LogP contribution in [0.1, 0.15) is 12.5 Å². The van der Waals surface area contributed by atoms with E-state index in [-0.39, 0.29) is 0 Å². The van der Waals surface area contributed by atoms with Crippen LogP contribution in [0.2, 0.25) is 5.02 Å². The largest absolute Gasteiger partial charge is 0.463 e. The van der Waals surface area contributed by atoms with Crippen molar-refractivity contribution in [1.82, 2.24) is 0 Å². The van der Waals surface area contributed by atoms with E-state index in [1.165, 1.54) is 6.08 Å². The Morgan fingerprint density at radius 3 is 2.42 bits per heavy atom. The molecule has 154 valence electrons. The lowest BCUT2D eigenvalue weighted by Gasteiger charge is -2.11. The predicted octanol–water partition coefficient (Wildman–Crippen LogP) is 6.56. The maximum Gasteiger partial charge on any atom is 0.330 e. The molecule has 4 rings (SSSR count). The average Bonchev–Trinajstić information content (AvgIpc) is 2.79. The Balaban J connectivity index is 2.05. The molecule has 0 amide bonds. The number of hydrogen-bond acceptors (Lipinski definition) is 4. The molecule has 0 spiro atoms. The highest BCUT2D eigenvalue weighted by atomic mass is 35.5. The molecule has 0 unspecified atom stereocenters. The Hall–Kier alpha value is -3.63. The number of esters is 1. The fourth-order valence-electron chi connectivity index (χ4n) is 3.27. The van der Waals surface area contributed by atoms with E-state index >= 15 is 0 Å². The third-order valence-corrected chi connectivity index (χ3v) is 4.88. The van der Waals surface area contributed by atoms with Gasteiger partial charge in [0.25, 0.3) is 0 Å². The van der Waals surface area contributed by atoms with E-state index in [4.69, 9.17) is 25.7 Å². The third-order valence-electron chi connectivity index (χ3n) is 4.64. The quantitative estimate of drug-likeness (QED) is 0.266. The van der Waals surface area contributed by atoms with Crippen molar-refractivity contribution in [3.8, 4) is 11.3 Å².